The summed E-state index contributed by atoms with van der Waals surface area (Å²) < 4.78 is 11.8. The summed E-state index contributed by atoms with van der Waals surface area (Å²) in [5, 5.41) is 9.22. The number of nitrogens with zero attached hydrogens (tertiary/aromatic N) is 1. The second kappa shape index (κ2) is 6.20. The van der Waals surface area contributed by atoms with Crippen molar-refractivity contribution in [2.75, 3.05) is 6.61 Å². The largest absolute Gasteiger partial charge is 0.394 e. The maximum Gasteiger partial charge on any atom is 0.330 e. The predicted octanol–water partition coefficient (Wildman–Crippen LogP) is -1.10. The van der Waals surface area contributed by atoms with Gasteiger partial charge in [-0.3, -0.25) is 14.3 Å². The van der Waals surface area contributed by atoms with Gasteiger partial charge < -0.3 is 19.3 Å². The molecule has 3 N–H and O–H groups in total. The molecule has 108 valence electrons. The van der Waals surface area contributed by atoms with Crippen molar-refractivity contribution >= 4 is 15.8 Å². The fourth-order valence-electron chi connectivity index (χ4n) is 2.08. The first-order valence-corrected chi connectivity index (χ1v) is 7.19. The van der Waals surface area contributed by atoms with Crippen LogP contribution in [0.4, 0.5) is 0 Å². The van der Waals surface area contributed by atoms with Crippen molar-refractivity contribution in [3.63, 3.8) is 0 Å². The van der Waals surface area contributed by atoms with E-state index in [0.717, 1.165) is 0 Å². The van der Waals surface area contributed by atoms with Crippen molar-refractivity contribution < 1.29 is 19.3 Å². The molecule has 0 saturated carbocycles. The van der Waals surface area contributed by atoms with Crippen molar-refractivity contribution in [1.82, 2.24) is 9.55 Å². The predicted molar refractivity (Wildman–Crippen MR) is 71.4 cm³/mol. The van der Waals surface area contributed by atoms with E-state index in [0.29, 0.717) is 5.56 Å². The van der Waals surface area contributed by atoms with Gasteiger partial charge in [0.05, 0.1) is 21.0 Å². The summed E-state index contributed by atoms with van der Waals surface area (Å²) in [4.78, 5) is 34.3. The van der Waals surface area contributed by atoms with Gasteiger partial charge in [-0.1, -0.05) is 0 Å². The Kier molecular flexibility index (Phi) is 4.77. The fourth-order valence-corrected chi connectivity index (χ4v) is 2.58. The molecule has 1 aromatic heterocycles. The van der Waals surface area contributed by atoms with Crippen LogP contribution in [0.5, 0.6) is 0 Å². The lowest BCUT2D eigenvalue weighted by atomic mass is 10.2. The summed E-state index contributed by atoms with van der Waals surface area (Å²) in [6.07, 6.45) is -0.403. The average Bonchev–Trinajstić information content (AvgIpc) is 2.75. The van der Waals surface area contributed by atoms with Gasteiger partial charge in [-0.15, -0.1) is 0 Å². The van der Waals surface area contributed by atoms with Crippen LogP contribution in [0.15, 0.2) is 15.8 Å². The topological polar surface area (TPSA) is 114 Å². The van der Waals surface area contributed by atoms with Gasteiger partial charge in [0.25, 0.3) is 5.56 Å². The summed E-state index contributed by atoms with van der Waals surface area (Å²) in [5.74, 6) is 0. The zero-order valence-corrected chi connectivity index (χ0v) is 11.6. The fraction of sp³-hybridized carbons (Fsp3) is 0.600. The molecule has 1 aromatic rings. The lowest BCUT2D eigenvalue weighted by Crippen LogP contribution is -2.33. The minimum Gasteiger partial charge on any atom is -0.394 e. The molecule has 1 unspecified atom stereocenters. The first kappa shape index (κ1) is 15.4. The number of aryl methyl sites for hydroxylation is 1. The van der Waals surface area contributed by atoms with E-state index in [2.05, 4.69) is 4.98 Å². The number of hydrogen-bond acceptors (Lipinski definition) is 6. The van der Waals surface area contributed by atoms with E-state index in [-0.39, 0.29) is 13.0 Å². The maximum absolute atomic E-state index is 11.8. The zero-order chi connectivity index (χ0) is 14.9. The van der Waals surface area contributed by atoms with Gasteiger partial charge in [-0.2, -0.15) is 0 Å². The molecule has 4 atom stereocenters. The van der Waals surface area contributed by atoms with Gasteiger partial charge in [-0.25, -0.2) is 4.79 Å². The molecule has 2 heterocycles. The second-order valence-electron chi connectivity index (χ2n) is 4.47. The summed E-state index contributed by atoms with van der Waals surface area (Å²) >= 11 is 0. The Morgan fingerprint density at radius 3 is 2.95 bits per heavy atom. The Hall–Kier alpha value is -0.985. The zero-order valence-electron chi connectivity index (χ0n) is 10.7. The summed E-state index contributed by atoms with van der Waals surface area (Å²) in [7, 11) is 3.10. The maximum atomic E-state index is 11.8. The normalized spacial score (nSPS) is 27.6. The molecule has 20 heavy (non-hydrogen) atoms. The molecule has 1 saturated heterocycles. The minimum atomic E-state index is -2.09. The number of aliphatic hydroxyl groups excluding tert-OH is 1. The number of nitrogens with one attached hydrogen (secondary N) is 1. The van der Waals surface area contributed by atoms with Crippen molar-refractivity contribution in [2.24, 2.45) is 0 Å². The van der Waals surface area contributed by atoms with E-state index in [1.54, 1.807) is 6.92 Å². The highest BCUT2D eigenvalue weighted by Crippen LogP contribution is 2.37. The van der Waals surface area contributed by atoms with Gasteiger partial charge in [0, 0.05) is 18.2 Å². The van der Waals surface area contributed by atoms with Gasteiger partial charge >= 0.3 is 5.69 Å². The average molecular weight is 300 g/mol. The Bertz CT molecular complexity index is 588. The summed E-state index contributed by atoms with van der Waals surface area (Å²) in [6.45, 7) is 1.23. The molecular weight excluding hydrogens is 286 g/mol. The lowest BCUT2D eigenvalue weighted by molar-refractivity contribution is -0.0416. The lowest BCUT2D eigenvalue weighted by Gasteiger charge is -2.17. The first-order chi connectivity index (χ1) is 9.42. The Balaban J connectivity index is 2.25. The molecule has 0 amide bonds. The molecule has 8 nitrogen and oxygen atoms in total. The monoisotopic (exact) mass is 300 g/mol. The van der Waals surface area contributed by atoms with Gasteiger partial charge in [0.15, 0.2) is 7.57 Å². The van der Waals surface area contributed by atoms with Crippen LogP contribution in [0.2, 0.25) is 0 Å². The highest BCUT2D eigenvalue weighted by molar-refractivity contribution is 7.73. The highest BCUT2D eigenvalue weighted by atomic mass is 31.2. The van der Waals surface area contributed by atoms with E-state index >= 15 is 0 Å². The van der Waals surface area contributed by atoms with E-state index in [9.17, 15) is 14.7 Å². The third kappa shape index (κ3) is 3.19. The van der Waals surface area contributed by atoms with Crippen LogP contribution in [0, 0.1) is 6.92 Å². The number of aromatic nitrogens is 2. The number of ether oxygens (including phenoxy) is 1. The third-order valence-corrected chi connectivity index (χ3v) is 3.55. The molecule has 0 spiro atoms. The SMILES string of the molecule is [B]P(O)O[C@H]1C[C@H](n2cc(C)c(=O)[nH]c2=O)O[C@@H]1CO. The third-order valence-electron chi connectivity index (χ3n) is 3.06. The van der Waals surface area contributed by atoms with Crippen LogP contribution in [-0.2, 0) is 9.26 Å². The highest BCUT2D eigenvalue weighted by Gasteiger charge is 2.37. The quantitative estimate of drug-likeness (QED) is 0.480. The number of hydrogen-bond donors (Lipinski definition) is 3. The van der Waals surface area contributed by atoms with Crippen LogP contribution >= 0.6 is 8.25 Å². The molecule has 10 heteroatoms. The molecule has 1 fully saturated rings. The Morgan fingerprint density at radius 2 is 2.35 bits per heavy atom. The molecule has 2 radical (unpaired) electrons. The van der Waals surface area contributed by atoms with Crippen LogP contribution in [0.3, 0.4) is 0 Å². The van der Waals surface area contributed by atoms with Crippen LogP contribution in [-0.4, -0.2) is 45.9 Å². The summed E-state index contributed by atoms with van der Waals surface area (Å²) in [6, 6.07) is 0. The molecule has 0 bridgehead atoms. The van der Waals surface area contributed by atoms with E-state index < -0.39 is 37.9 Å². The number of aromatic amines is 1. The van der Waals surface area contributed by atoms with Gasteiger partial charge in [0.1, 0.15) is 12.3 Å². The minimum absolute atomic E-state index is 0.229. The molecule has 0 aromatic carbocycles. The molecular formula is C10H14BN2O6P. The van der Waals surface area contributed by atoms with Crippen molar-refractivity contribution in [2.45, 2.75) is 31.8 Å². The second-order valence-corrected chi connectivity index (χ2v) is 5.29. The van der Waals surface area contributed by atoms with Gasteiger partial charge in [-0.05, 0) is 6.92 Å². The van der Waals surface area contributed by atoms with E-state index in [4.69, 9.17) is 21.7 Å². The Morgan fingerprint density at radius 1 is 1.65 bits per heavy atom. The molecule has 1 aliphatic rings. The molecule has 2 rings (SSSR count). The van der Waals surface area contributed by atoms with E-state index in [1.165, 1.54) is 10.8 Å². The summed E-state index contributed by atoms with van der Waals surface area (Å²) in [5.41, 5.74) is -0.708. The van der Waals surface area contributed by atoms with Crippen LogP contribution < -0.4 is 11.2 Å². The number of aliphatic hydroxyl groups is 1. The smallest absolute Gasteiger partial charge is 0.330 e. The first-order valence-electron chi connectivity index (χ1n) is 5.91. The molecule has 1 aliphatic heterocycles. The molecule has 0 aliphatic carbocycles. The number of H-pyrrole nitrogens is 1. The van der Waals surface area contributed by atoms with Crippen LogP contribution in [0.1, 0.15) is 18.2 Å². The Labute approximate surface area is 116 Å². The standard InChI is InChI=1S/C10H14BN2O6P/c1-5-3-13(10(16)12-9(5)15)8-2-6(19-20(11)17)7(4-14)18-8/h3,6-8,14,17H,2,4H2,1H3,(H,12,15,16)/t6-,7+,8+,20?/m0/s1. The van der Waals surface area contributed by atoms with Crippen LogP contribution in [0.25, 0.3) is 0 Å². The number of rotatable bonds is 4. The van der Waals surface area contributed by atoms with Crippen molar-refractivity contribution in [1.29, 1.82) is 0 Å². The van der Waals surface area contributed by atoms with E-state index in [1.807, 2.05) is 0 Å². The van der Waals surface area contributed by atoms with Crippen molar-refractivity contribution in [3.05, 3.63) is 32.6 Å². The van der Waals surface area contributed by atoms with Gasteiger partial charge in [0.2, 0.25) is 0 Å². The van der Waals surface area contributed by atoms with Crippen molar-refractivity contribution in [3.8, 4) is 0 Å².